The third-order valence-electron chi connectivity index (χ3n) is 3.91. The molecule has 1 aromatic rings. The molecule has 110 valence electrons. The number of anilines is 1. The molecule has 0 bridgehead atoms. The van der Waals surface area contributed by atoms with Crippen molar-refractivity contribution in [3.05, 3.63) is 28.7 Å². The monoisotopic (exact) mass is 339 g/mol. The van der Waals surface area contributed by atoms with Crippen molar-refractivity contribution in [2.75, 3.05) is 25.0 Å². The topological polar surface area (TPSA) is 33.5 Å². The predicted molar refractivity (Wildman–Crippen MR) is 85.9 cm³/mol. The number of carbonyl (C=O) groups excluding carboxylic acids is 1. The summed E-state index contributed by atoms with van der Waals surface area (Å²) in [5, 5.41) is 2.96. The van der Waals surface area contributed by atoms with E-state index in [4.69, 9.17) is 0 Å². The van der Waals surface area contributed by atoms with E-state index in [0.29, 0.717) is 6.42 Å². The largest absolute Gasteiger partial charge is 0.334 e. The fraction of sp³-hybridized carbons (Fsp3) is 0.562. The van der Waals surface area contributed by atoms with Crippen molar-refractivity contribution < 1.29 is 9.69 Å². The number of piperidine rings is 1. The SMILES string of the molecule is C[C@H]1C[C@H](C)C[NH+](CCC(=O)Nc2ccc(Br)cc2)C1. The van der Waals surface area contributed by atoms with E-state index in [2.05, 4.69) is 35.1 Å². The van der Waals surface area contributed by atoms with Crippen LogP contribution in [-0.4, -0.2) is 25.5 Å². The minimum absolute atomic E-state index is 0.116. The van der Waals surface area contributed by atoms with Crippen LogP contribution in [0.2, 0.25) is 0 Å². The minimum atomic E-state index is 0.116. The molecule has 0 aliphatic carbocycles. The second-order valence-corrected chi connectivity index (χ2v) is 7.08. The van der Waals surface area contributed by atoms with E-state index in [0.717, 1.165) is 28.5 Å². The number of halogens is 1. The summed E-state index contributed by atoms with van der Waals surface area (Å²) >= 11 is 3.39. The van der Waals surface area contributed by atoms with E-state index in [1.807, 2.05) is 24.3 Å². The molecule has 2 atom stereocenters. The van der Waals surface area contributed by atoms with Gasteiger partial charge in [-0.1, -0.05) is 29.8 Å². The van der Waals surface area contributed by atoms with Crippen LogP contribution in [-0.2, 0) is 4.79 Å². The normalized spacial score (nSPS) is 26.2. The van der Waals surface area contributed by atoms with E-state index in [1.165, 1.54) is 19.5 Å². The summed E-state index contributed by atoms with van der Waals surface area (Å²) < 4.78 is 1.02. The number of benzene rings is 1. The molecule has 1 aliphatic rings. The first-order chi connectivity index (χ1) is 9.52. The van der Waals surface area contributed by atoms with Gasteiger partial charge < -0.3 is 10.2 Å². The number of amides is 1. The Labute approximate surface area is 129 Å². The highest BCUT2D eigenvalue weighted by Gasteiger charge is 2.25. The predicted octanol–water partition coefficient (Wildman–Crippen LogP) is 2.34. The smallest absolute Gasteiger partial charge is 0.230 e. The highest BCUT2D eigenvalue weighted by atomic mass is 79.9. The fourth-order valence-electron chi connectivity index (χ4n) is 3.17. The van der Waals surface area contributed by atoms with Crippen molar-refractivity contribution in [3.63, 3.8) is 0 Å². The van der Waals surface area contributed by atoms with Crippen LogP contribution < -0.4 is 10.2 Å². The first-order valence-electron chi connectivity index (χ1n) is 7.42. The van der Waals surface area contributed by atoms with Crippen molar-refractivity contribution in [3.8, 4) is 0 Å². The molecule has 1 fully saturated rings. The van der Waals surface area contributed by atoms with Crippen molar-refractivity contribution >= 4 is 27.5 Å². The Balaban J connectivity index is 1.76. The average molecular weight is 340 g/mol. The molecule has 3 nitrogen and oxygen atoms in total. The lowest BCUT2D eigenvalue weighted by Gasteiger charge is -2.31. The number of hydrogen-bond acceptors (Lipinski definition) is 1. The van der Waals surface area contributed by atoms with Crippen LogP contribution in [0.4, 0.5) is 5.69 Å². The average Bonchev–Trinajstić information content (AvgIpc) is 2.38. The Bertz CT molecular complexity index is 436. The Morgan fingerprint density at radius 1 is 1.25 bits per heavy atom. The van der Waals surface area contributed by atoms with Gasteiger partial charge >= 0.3 is 0 Å². The van der Waals surface area contributed by atoms with Crippen LogP contribution in [0.5, 0.6) is 0 Å². The third-order valence-corrected chi connectivity index (χ3v) is 4.44. The van der Waals surface area contributed by atoms with Gasteiger partial charge in [-0.3, -0.25) is 4.79 Å². The van der Waals surface area contributed by atoms with Crippen molar-refractivity contribution in [1.82, 2.24) is 0 Å². The summed E-state index contributed by atoms with van der Waals surface area (Å²) in [6.45, 7) is 7.98. The number of carbonyl (C=O) groups is 1. The zero-order valence-electron chi connectivity index (χ0n) is 12.3. The van der Waals surface area contributed by atoms with Crippen LogP contribution in [0.1, 0.15) is 26.7 Å². The van der Waals surface area contributed by atoms with E-state index < -0.39 is 0 Å². The molecule has 1 amide bonds. The summed E-state index contributed by atoms with van der Waals surface area (Å²) in [4.78, 5) is 13.5. The molecule has 1 heterocycles. The number of hydrogen-bond donors (Lipinski definition) is 2. The van der Waals surface area contributed by atoms with Gasteiger partial charge in [0.05, 0.1) is 26.1 Å². The summed E-state index contributed by atoms with van der Waals surface area (Å²) in [5.74, 6) is 1.68. The molecule has 4 heteroatoms. The molecule has 1 saturated heterocycles. The van der Waals surface area contributed by atoms with Gasteiger partial charge in [0.2, 0.25) is 5.91 Å². The van der Waals surface area contributed by atoms with E-state index in [9.17, 15) is 4.79 Å². The van der Waals surface area contributed by atoms with Crippen LogP contribution in [0.15, 0.2) is 28.7 Å². The molecular weight excluding hydrogens is 316 g/mol. The zero-order valence-corrected chi connectivity index (χ0v) is 13.9. The molecule has 0 spiro atoms. The molecule has 2 rings (SSSR count). The molecule has 1 aliphatic heterocycles. The standard InChI is InChI=1S/C16H23BrN2O/c1-12-9-13(2)11-19(10-12)8-7-16(20)18-15-5-3-14(17)4-6-15/h3-6,12-13H,7-11H2,1-2H3,(H,18,20)/p+1/t12-,13-/m0/s1. The quantitative estimate of drug-likeness (QED) is 0.867. The van der Waals surface area contributed by atoms with Crippen LogP contribution in [0.3, 0.4) is 0 Å². The Kier molecular flexibility index (Phi) is 5.61. The summed E-state index contributed by atoms with van der Waals surface area (Å²) in [7, 11) is 0. The van der Waals surface area contributed by atoms with Crippen LogP contribution >= 0.6 is 15.9 Å². The van der Waals surface area contributed by atoms with Crippen LogP contribution in [0, 0.1) is 11.8 Å². The van der Waals surface area contributed by atoms with E-state index in [-0.39, 0.29) is 5.91 Å². The maximum atomic E-state index is 12.0. The summed E-state index contributed by atoms with van der Waals surface area (Å²) in [5.41, 5.74) is 0.869. The number of rotatable bonds is 4. The second-order valence-electron chi connectivity index (χ2n) is 6.16. The third kappa shape index (κ3) is 4.91. The van der Waals surface area contributed by atoms with Gasteiger partial charge in [0.25, 0.3) is 0 Å². The number of likely N-dealkylation sites (tertiary alicyclic amines) is 1. The first kappa shape index (κ1) is 15.5. The van der Waals surface area contributed by atoms with Gasteiger partial charge in [-0.15, -0.1) is 0 Å². The summed E-state index contributed by atoms with van der Waals surface area (Å²) in [6, 6.07) is 7.71. The van der Waals surface area contributed by atoms with Gasteiger partial charge in [0, 0.05) is 22.0 Å². The molecule has 1 aromatic carbocycles. The molecule has 2 N–H and O–H groups in total. The Morgan fingerprint density at radius 3 is 2.45 bits per heavy atom. The van der Waals surface area contributed by atoms with E-state index in [1.54, 1.807) is 4.90 Å². The lowest BCUT2D eigenvalue weighted by atomic mass is 9.92. The lowest BCUT2D eigenvalue weighted by molar-refractivity contribution is -0.911. The first-order valence-corrected chi connectivity index (χ1v) is 8.21. The van der Waals surface area contributed by atoms with Gasteiger partial charge in [-0.2, -0.15) is 0 Å². The molecule has 0 aromatic heterocycles. The lowest BCUT2D eigenvalue weighted by Crippen LogP contribution is -3.14. The van der Waals surface area contributed by atoms with Gasteiger partial charge in [-0.25, -0.2) is 0 Å². The molecular formula is C16H24BrN2O+. The Hall–Kier alpha value is -0.870. The van der Waals surface area contributed by atoms with Crippen LogP contribution in [0.25, 0.3) is 0 Å². The van der Waals surface area contributed by atoms with Gasteiger partial charge in [-0.05, 0) is 30.7 Å². The van der Waals surface area contributed by atoms with Gasteiger partial charge in [0.15, 0.2) is 0 Å². The minimum Gasteiger partial charge on any atom is -0.334 e. The molecule has 0 unspecified atom stereocenters. The molecule has 20 heavy (non-hydrogen) atoms. The summed E-state index contributed by atoms with van der Waals surface area (Å²) in [6.07, 6.45) is 1.93. The number of quaternary nitrogens is 1. The molecule has 0 saturated carbocycles. The maximum absolute atomic E-state index is 12.0. The van der Waals surface area contributed by atoms with Gasteiger partial charge in [0.1, 0.15) is 0 Å². The second kappa shape index (κ2) is 7.23. The fourth-order valence-corrected chi connectivity index (χ4v) is 3.44. The van der Waals surface area contributed by atoms with Crippen molar-refractivity contribution in [1.29, 1.82) is 0 Å². The highest BCUT2D eigenvalue weighted by molar-refractivity contribution is 9.10. The molecule has 0 radical (unpaired) electrons. The van der Waals surface area contributed by atoms with E-state index >= 15 is 0 Å². The highest BCUT2D eigenvalue weighted by Crippen LogP contribution is 2.14. The maximum Gasteiger partial charge on any atom is 0.230 e. The van der Waals surface area contributed by atoms with Crippen molar-refractivity contribution in [2.24, 2.45) is 11.8 Å². The number of nitrogens with one attached hydrogen (secondary N) is 2. The van der Waals surface area contributed by atoms with Crippen molar-refractivity contribution in [2.45, 2.75) is 26.7 Å². The zero-order chi connectivity index (χ0) is 14.5. The Morgan fingerprint density at radius 2 is 1.85 bits per heavy atom.